The monoisotopic (exact) mass is 454 g/mol. The maximum absolute atomic E-state index is 13.3. The molecule has 1 fully saturated rings. The molecule has 0 unspecified atom stereocenters. The molecule has 1 aliphatic rings. The van der Waals surface area contributed by atoms with Gasteiger partial charge >= 0.3 is 0 Å². The average molecular weight is 455 g/mol. The number of aromatic nitrogens is 2. The van der Waals surface area contributed by atoms with E-state index in [4.69, 9.17) is 11.6 Å². The van der Waals surface area contributed by atoms with Gasteiger partial charge in [-0.2, -0.15) is 5.10 Å². The lowest BCUT2D eigenvalue weighted by molar-refractivity contribution is 0.0534. The van der Waals surface area contributed by atoms with Crippen LogP contribution in [0.2, 0.25) is 5.02 Å². The van der Waals surface area contributed by atoms with Crippen molar-refractivity contribution in [3.8, 4) is 5.69 Å². The van der Waals surface area contributed by atoms with Crippen LogP contribution in [0.3, 0.4) is 0 Å². The van der Waals surface area contributed by atoms with E-state index in [2.05, 4.69) is 5.10 Å². The van der Waals surface area contributed by atoms with Crippen LogP contribution in [-0.2, 0) is 0 Å². The number of hydrogen-bond acceptors (Lipinski definition) is 3. The Bertz CT molecular complexity index is 1120. The molecule has 0 aliphatic carbocycles. The van der Waals surface area contributed by atoms with Gasteiger partial charge < -0.3 is 9.80 Å². The molecule has 2 amide bonds. The molecule has 1 saturated heterocycles. The number of piperazine rings is 1. The van der Waals surface area contributed by atoms with Crippen LogP contribution in [0.4, 0.5) is 4.39 Å². The Kier molecular flexibility index (Phi) is 6.28. The van der Waals surface area contributed by atoms with Crippen LogP contribution in [-0.4, -0.2) is 57.6 Å². The molecule has 0 saturated carbocycles. The second-order valence-corrected chi connectivity index (χ2v) is 8.51. The van der Waals surface area contributed by atoms with Crippen molar-refractivity contribution in [1.82, 2.24) is 19.6 Å². The van der Waals surface area contributed by atoms with Crippen molar-refractivity contribution in [2.24, 2.45) is 0 Å². The van der Waals surface area contributed by atoms with E-state index < -0.39 is 0 Å². The van der Waals surface area contributed by atoms with E-state index in [9.17, 15) is 14.0 Å². The molecule has 2 heterocycles. The van der Waals surface area contributed by atoms with Crippen molar-refractivity contribution in [3.63, 3.8) is 0 Å². The van der Waals surface area contributed by atoms with Crippen molar-refractivity contribution >= 4 is 23.4 Å². The third-order valence-electron chi connectivity index (χ3n) is 5.60. The van der Waals surface area contributed by atoms with Crippen molar-refractivity contribution in [2.45, 2.75) is 19.8 Å². The molecular weight excluding hydrogens is 431 g/mol. The molecule has 8 heteroatoms. The summed E-state index contributed by atoms with van der Waals surface area (Å²) in [6.07, 6.45) is 1.58. The molecular formula is C24H24ClFN4O2. The Morgan fingerprint density at radius 1 is 0.906 bits per heavy atom. The molecule has 3 aromatic rings. The summed E-state index contributed by atoms with van der Waals surface area (Å²) in [6, 6.07) is 12.8. The molecule has 166 valence electrons. The first-order valence-corrected chi connectivity index (χ1v) is 10.9. The van der Waals surface area contributed by atoms with E-state index in [1.54, 1.807) is 57.1 Å². The lowest BCUT2D eigenvalue weighted by Gasteiger charge is -2.35. The maximum Gasteiger partial charge on any atom is 0.257 e. The SMILES string of the molecule is CC(C)c1c(C(=O)N2CCN(C(=O)c3ccc(Cl)cc3)CC2)cnn1-c1ccc(F)cc1. The van der Waals surface area contributed by atoms with Gasteiger partial charge in [-0.15, -0.1) is 0 Å². The zero-order valence-electron chi connectivity index (χ0n) is 18.0. The fourth-order valence-corrected chi connectivity index (χ4v) is 4.05. The summed E-state index contributed by atoms with van der Waals surface area (Å²) in [5.41, 5.74) is 2.59. The van der Waals surface area contributed by atoms with E-state index in [-0.39, 0.29) is 23.5 Å². The summed E-state index contributed by atoms with van der Waals surface area (Å²) in [6.45, 7) is 5.79. The number of halogens is 2. The van der Waals surface area contributed by atoms with Crippen molar-refractivity contribution in [2.75, 3.05) is 26.2 Å². The van der Waals surface area contributed by atoms with Gasteiger partial charge in [0.25, 0.3) is 11.8 Å². The van der Waals surface area contributed by atoms with Crippen molar-refractivity contribution in [1.29, 1.82) is 0 Å². The second-order valence-electron chi connectivity index (χ2n) is 8.08. The van der Waals surface area contributed by atoms with E-state index in [1.807, 2.05) is 13.8 Å². The standard InChI is InChI=1S/C24H24ClFN4O2/c1-16(2)22-21(15-27-30(22)20-9-7-19(26)8-10-20)24(32)29-13-11-28(12-14-29)23(31)17-3-5-18(25)6-4-17/h3-10,15-16H,11-14H2,1-2H3. The molecule has 4 rings (SSSR count). The van der Waals surface area contributed by atoms with E-state index in [0.717, 1.165) is 5.69 Å². The predicted molar refractivity (Wildman–Crippen MR) is 121 cm³/mol. The van der Waals surface area contributed by atoms with E-state index in [0.29, 0.717) is 48.0 Å². The van der Waals surface area contributed by atoms with Crippen molar-refractivity contribution < 1.29 is 14.0 Å². The van der Waals surface area contributed by atoms with Crippen LogP contribution in [0.5, 0.6) is 0 Å². The largest absolute Gasteiger partial charge is 0.335 e. The molecule has 6 nitrogen and oxygen atoms in total. The number of carbonyl (C=O) groups is 2. The molecule has 2 aromatic carbocycles. The molecule has 32 heavy (non-hydrogen) atoms. The Balaban J connectivity index is 1.49. The van der Waals surface area contributed by atoms with Crippen LogP contribution < -0.4 is 0 Å². The predicted octanol–water partition coefficient (Wildman–Crippen LogP) is 4.39. The number of amides is 2. The van der Waals surface area contributed by atoms with Crippen molar-refractivity contribution in [3.05, 3.63) is 82.4 Å². The van der Waals surface area contributed by atoms with Gasteiger partial charge in [0.1, 0.15) is 5.82 Å². The molecule has 1 aliphatic heterocycles. The Morgan fingerprint density at radius 3 is 2.03 bits per heavy atom. The third kappa shape index (κ3) is 4.39. The highest BCUT2D eigenvalue weighted by molar-refractivity contribution is 6.30. The fraction of sp³-hybridized carbons (Fsp3) is 0.292. The van der Waals surface area contributed by atoms with Crippen LogP contribution in [0.1, 0.15) is 46.2 Å². The first-order valence-electron chi connectivity index (χ1n) is 10.5. The molecule has 0 radical (unpaired) electrons. The first kappa shape index (κ1) is 22.0. The van der Waals surface area contributed by atoms with Gasteiger partial charge in [-0.25, -0.2) is 9.07 Å². The van der Waals surface area contributed by atoms with Gasteiger partial charge in [0.05, 0.1) is 23.1 Å². The van der Waals surface area contributed by atoms with Gasteiger partial charge in [0.2, 0.25) is 0 Å². The summed E-state index contributed by atoms with van der Waals surface area (Å²) in [7, 11) is 0. The Labute approximate surface area is 191 Å². The van der Waals surface area contributed by atoms with Crippen LogP contribution in [0.25, 0.3) is 5.69 Å². The van der Waals surface area contributed by atoms with Gasteiger partial charge in [0, 0.05) is 36.8 Å². The number of hydrogen-bond donors (Lipinski definition) is 0. The summed E-state index contributed by atoms with van der Waals surface area (Å²) in [4.78, 5) is 29.5. The highest BCUT2D eigenvalue weighted by Gasteiger charge is 2.29. The second kappa shape index (κ2) is 9.12. The van der Waals surface area contributed by atoms with E-state index >= 15 is 0 Å². The molecule has 0 atom stereocenters. The third-order valence-corrected chi connectivity index (χ3v) is 5.85. The van der Waals surface area contributed by atoms with Gasteiger partial charge in [-0.1, -0.05) is 25.4 Å². The number of nitrogens with zero attached hydrogens (tertiary/aromatic N) is 4. The first-order chi connectivity index (χ1) is 15.3. The van der Waals surface area contributed by atoms with Gasteiger partial charge in [-0.05, 0) is 54.4 Å². The molecule has 0 N–H and O–H groups in total. The fourth-order valence-electron chi connectivity index (χ4n) is 3.92. The minimum atomic E-state index is -0.325. The maximum atomic E-state index is 13.3. The number of carbonyl (C=O) groups excluding carboxylic acids is 2. The minimum Gasteiger partial charge on any atom is -0.335 e. The Hall–Kier alpha value is -3.19. The summed E-state index contributed by atoms with van der Waals surface area (Å²) in [5.74, 6) is -0.468. The highest BCUT2D eigenvalue weighted by atomic mass is 35.5. The lowest BCUT2D eigenvalue weighted by atomic mass is 10.0. The van der Waals surface area contributed by atoms with Crippen LogP contribution in [0, 0.1) is 5.82 Å². The zero-order valence-corrected chi connectivity index (χ0v) is 18.7. The number of rotatable bonds is 4. The summed E-state index contributed by atoms with van der Waals surface area (Å²) < 4.78 is 15.0. The Morgan fingerprint density at radius 2 is 1.47 bits per heavy atom. The molecule has 0 spiro atoms. The number of benzene rings is 2. The van der Waals surface area contributed by atoms with Crippen LogP contribution in [0.15, 0.2) is 54.7 Å². The topological polar surface area (TPSA) is 58.4 Å². The van der Waals surface area contributed by atoms with Gasteiger partial charge in [-0.3, -0.25) is 9.59 Å². The minimum absolute atomic E-state index is 0.0364. The lowest BCUT2D eigenvalue weighted by Crippen LogP contribution is -2.50. The van der Waals surface area contributed by atoms with E-state index in [1.165, 1.54) is 12.1 Å². The van der Waals surface area contributed by atoms with Crippen LogP contribution >= 0.6 is 11.6 Å². The highest BCUT2D eigenvalue weighted by Crippen LogP contribution is 2.25. The smallest absolute Gasteiger partial charge is 0.257 e. The molecule has 0 bridgehead atoms. The zero-order chi connectivity index (χ0) is 22.8. The summed E-state index contributed by atoms with van der Waals surface area (Å²) >= 11 is 5.90. The summed E-state index contributed by atoms with van der Waals surface area (Å²) in [5, 5.41) is 5.00. The average Bonchev–Trinajstić information content (AvgIpc) is 3.25. The van der Waals surface area contributed by atoms with Gasteiger partial charge in [0.15, 0.2) is 0 Å². The normalized spacial score (nSPS) is 14.2. The molecule has 1 aromatic heterocycles. The quantitative estimate of drug-likeness (QED) is 0.587.